The van der Waals surface area contributed by atoms with Crippen LogP contribution in [0.2, 0.25) is 0 Å². The predicted octanol–water partition coefficient (Wildman–Crippen LogP) is 3.41. The summed E-state index contributed by atoms with van der Waals surface area (Å²) in [7, 11) is 1.59. The van der Waals surface area contributed by atoms with Gasteiger partial charge in [-0.05, 0) is 30.2 Å². The maximum atomic E-state index is 12.2. The molecule has 0 spiro atoms. The van der Waals surface area contributed by atoms with Gasteiger partial charge in [0.05, 0.1) is 19.0 Å². The number of rotatable bonds is 6. The van der Waals surface area contributed by atoms with Crippen molar-refractivity contribution in [2.45, 2.75) is 13.8 Å². The van der Waals surface area contributed by atoms with Gasteiger partial charge in [-0.3, -0.25) is 4.79 Å². The zero-order valence-corrected chi connectivity index (χ0v) is 13.1. The van der Waals surface area contributed by atoms with E-state index in [1.54, 1.807) is 31.5 Å². The van der Waals surface area contributed by atoms with Gasteiger partial charge in [0.2, 0.25) is 0 Å². The normalized spacial score (nSPS) is 10.4. The zero-order chi connectivity index (χ0) is 15.9. The molecule has 0 bridgehead atoms. The number of amides is 1. The molecule has 1 aromatic carbocycles. The van der Waals surface area contributed by atoms with Gasteiger partial charge in [0, 0.05) is 18.3 Å². The monoisotopic (exact) mass is 299 g/mol. The third kappa shape index (κ3) is 4.48. The lowest BCUT2D eigenvalue weighted by Gasteiger charge is -2.09. The minimum absolute atomic E-state index is 0.247. The third-order valence-electron chi connectivity index (χ3n) is 3.04. The summed E-state index contributed by atoms with van der Waals surface area (Å²) in [6, 6.07) is 10.8. The van der Waals surface area contributed by atoms with Crippen molar-refractivity contribution in [2.24, 2.45) is 5.92 Å². The van der Waals surface area contributed by atoms with E-state index in [1.807, 2.05) is 18.2 Å². The molecule has 0 aliphatic rings. The molecule has 5 nitrogen and oxygen atoms in total. The van der Waals surface area contributed by atoms with Crippen LogP contribution in [0.1, 0.15) is 24.3 Å². The van der Waals surface area contributed by atoms with E-state index in [0.29, 0.717) is 23.0 Å². The molecule has 2 aromatic rings. The van der Waals surface area contributed by atoms with Gasteiger partial charge < -0.3 is 15.4 Å². The highest BCUT2D eigenvalue weighted by Gasteiger charge is 2.08. The summed E-state index contributed by atoms with van der Waals surface area (Å²) in [5.74, 6) is 0.999. The molecular weight excluding hydrogens is 278 g/mol. The fourth-order valence-corrected chi connectivity index (χ4v) is 1.85. The van der Waals surface area contributed by atoms with Gasteiger partial charge in [0.15, 0.2) is 0 Å². The lowest BCUT2D eigenvalue weighted by Crippen LogP contribution is -2.14. The average molecular weight is 299 g/mol. The van der Waals surface area contributed by atoms with Crippen LogP contribution >= 0.6 is 0 Å². The number of anilines is 2. The molecule has 0 unspecified atom stereocenters. The van der Waals surface area contributed by atoms with Gasteiger partial charge in [0.25, 0.3) is 5.91 Å². The SMILES string of the molecule is COc1cccc(NC(=O)c2ccc(NCC(C)C)cn2)c1. The second kappa shape index (κ2) is 7.45. The Bertz CT molecular complexity index is 624. The summed E-state index contributed by atoms with van der Waals surface area (Å²) in [6.45, 7) is 5.14. The molecule has 116 valence electrons. The van der Waals surface area contributed by atoms with Crippen molar-refractivity contribution in [1.29, 1.82) is 0 Å². The number of ether oxygens (including phenoxy) is 1. The smallest absolute Gasteiger partial charge is 0.274 e. The fraction of sp³-hybridized carbons (Fsp3) is 0.294. The van der Waals surface area contributed by atoms with E-state index in [4.69, 9.17) is 4.74 Å². The van der Waals surface area contributed by atoms with Gasteiger partial charge in [-0.15, -0.1) is 0 Å². The van der Waals surface area contributed by atoms with E-state index in [0.717, 1.165) is 12.2 Å². The van der Waals surface area contributed by atoms with Crippen LogP contribution < -0.4 is 15.4 Å². The van der Waals surface area contributed by atoms with E-state index >= 15 is 0 Å². The van der Waals surface area contributed by atoms with Crippen molar-refractivity contribution < 1.29 is 9.53 Å². The number of benzene rings is 1. The highest BCUT2D eigenvalue weighted by molar-refractivity contribution is 6.03. The molecule has 0 fully saturated rings. The number of methoxy groups -OCH3 is 1. The van der Waals surface area contributed by atoms with Crippen molar-refractivity contribution in [3.8, 4) is 5.75 Å². The van der Waals surface area contributed by atoms with Crippen LogP contribution in [-0.2, 0) is 0 Å². The van der Waals surface area contributed by atoms with Crippen molar-refractivity contribution >= 4 is 17.3 Å². The molecule has 0 aliphatic heterocycles. The molecule has 0 saturated carbocycles. The van der Waals surface area contributed by atoms with Crippen LogP contribution in [-0.4, -0.2) is 24.5 Å². The lowest BCUT2D eigenvalue weighted by atomic mass is 10.2. The number of hydrogen-bond acceptors (Lipinski definition) is 4. The van der Waals surface area contributed by atoms with E-state index in [2.05, 4.69) is 29.5 Å². The quantitative estimate of drug-likeness (QED) is 0.858. The second-order valence-electron chi connectivity index (χ2n) is 5.39. The number of nitrogens with one attached hydrogen (secondary N) is 2. The highest BCUT2D eigenvalue weighted by atomic mass is 16.5. The first kappa shape index (κ1) is 15.8. The molecular formula is C17H21N3O2. The molecule has 22 heavy (non-hydrogen) atoms. The van der Waals surface area contributed by atoms with Crippen LogP contribution in [0.5, 0.6) is 5.75 Å². The largest absolute Gasteiger partial charge is 0.497 e. The molecule has 1 amide bonds. The fourth-order valence-electron chi connectivity index (χ4n) is 1.85. The van der Waals surface area contributed by atoms with Crippen LogP contribution in [0.3, 0.4) is 0 Å². The number of aromatic nitrogens is 1. The number of carbonyl (C=O) groups excluding carboxylic acids is 1. The Morgan fingerprint density at radius 1 is 1.23 bits per heavy atom. The molecule has 1 heterocycles. The summed E-state index contributed by atoms with van der Waals surface area (Å²) >= 11 is 0. The number of nitrogens with zero attached hydrogens (tertiary/aromatic N) is 1. The molecule has 1 aromatic heterocycles. The second-order valence-corrected chi connectivity index (χ2v) is 5.39. The maximum Gasteiger partial charge on any atom is 0.274 e. The maximum absolute atomic E-state index is 12.2. The van der Waals surface area contributed by atoms with Gasteiger partial charge in [-0.2, -0.15) is 0 Å². The first-order valence-corrected chi connectivity index (χ1v) is 7.24. The van der Waals surface area contributed by atoms with E-state index in [1.165, 1.54) is 0 Å². The number of carbonyl (C=O) groups is 1. The van der Waals surface area contributed by atoms with Crippen molar-refractivity contribution in [1.82, 2.24) is 4.98 Å². The Labute approximate surface area is 130 Å². The van der Waals surface area contributed by atoms with Crippen LogP contribution in [0.4, 0.5) is 11.4 Å². The van der Waals surface area contributed by atoms with Crippen LogP contribution in [0.15, 0.2) is 42.6 Å². The number of pyridine rings is 1. The summed E-state index contributed by atoms with van der Waals surface area (Å²) in [5, 5.41) is 6.07. The lowest BCUT2D eigenvalue weighted by molar-refractivity contribution is 0.102. The van der Waals surface area contributed by atoms with Crippen LogP contribution in [0.25, 0.3) is 0 Å². The summed E-state index contributed by atoms with van der Waals surface area (Å²) < 4.78 is 5.13. The molecule has 2 rings (SSSR count). The van der Waals surface area contributed by atoms with Crippen molar-refractivity contribution in [2.75, 3.05) is 24.3 Å². The third-order valence-corrected chi connectivity index (χ3v) is 3.04. The Morgan fingerprint density at radius 3 is 2.68 bits per heavy atom. The Morgan fingerprint density at radius 2 is 2.05 bits per heavy atom. The van der Waals surface area contributed by atoms with E-state index < -0.39 is 0 Å². The first-order valence-electron chi connectivity index (χ1n) is 7.24. The minimum Gasteiger partial charge on any atom is -0.497 e. The van der Waals surface area contributed by atoms with Gasteiger partial charge in [-0.1, -0.05) is 19.9 Å². The summed E-state index contributed by atoms with van der Waals surface area (Å²) in [4.78, 5) is 16.3. The highest BCUT2D eigenvalue weighted by Crippen LogP contribution is 2.17. The topological polar surface area (TPSA) is 63.2 Å². The molecule has 2 N–H and O–H groups in total. The molecule has 0 saturated heterocycles. The standard InChI is InChI=1S/C17H21N3O2/c1-12(2)10-18-14-7-8-16(19-11-14)17(21)20-13-5-4-6-15(9-13)22-3/h4-9,11-12,18H,10H2,1-3H3,(H,20,21). The van der Waals surface area contributed by atoms with Crippen LogP contribution in [0, 0.1) is 5.92 Å². The van der Waals surface area contributed by atoms with Gasteiger partial charge in [-0.25, -0.2) is 4.98 Å². The molecule has 0 radical (unpaired) electrons. The zero-order valence-electron chi connectivity index (χ0n) is 13.1. The molecule has 0 atom stereocenters. The summed E-state index contributed by atoms with van der Waals surface area (Å²) in [5.41, 5.74) is 1.96. The van der Waals surface area contributed by atoms with Gasteiger partial charge in [0.1, 0.15) is 11.4 Å². The average Bonchev–Trinajstić information content (AvgIpc) is 2.53. The minimum atomic E-state index is -0.247. The molecule has 0 aliphatic carbocycles. The predicted molar refractivity (Wildman–Crippen MR) is 88.5 cm³/mol. The summed E-state index contributed by atoms with van der Waals surface area (Å²) in [6.07, 6.45) is 1.67. The van der Waals surface area contributed by atoms with E-state index in [9.17, 15) is 4.79 Å². The Balaban J connectivity index is 2.00. The van der Waals surface area contributed by atoms with Crippen molar-refractivity contribution in [3.05, 3.63) is 48.3 Å². The first-order chi connectivity index (χ1) is 10.6. The Hall–Kier alpha value is -2.56. The Kier molecular flexibility index (Phi) is 5.36. The van der Waals surface area contributed by atoms with E-state index in [-0.39, 0.29) is 5.91 Å². The van der Waals surface area contributed by atoms with Gasteiger partial charge >= 0.3 is 0 Å². The molecule has 5 heteroatoms. The van der Waals surface area contributed by atoms with Crippen molar-refractivity contribution in [3.63, 3.8) is 0 Å². The number of hydrogen-bond donors (Lipinski definition) is 2.